The number of methoxy groups -OCH3 is 1. The molecule has 0 aliphatic carbocycles. The summed E-state index contributed by atoms with van der Waals surface area (Å²) in [5, 5.41) is 4.19. The molecule has 0 aliphatic rings. The van der Waals surface area contributed by atoms with Gasteiger partial charge in [0.05, 0.1) is 17.2 Å². The van der Waals surface area contributed by atoms with Crippen LogP contribution in [0.3, 0.4) is 0 Å². The summed E-state index contributed by atoms with van der Waals surface area (Å²) < 4.78 is 5.12. The van der Waals surface area contributed by atoms with Crippen LogP contribution in [0, 0.1) is 0 Å². The largest absolute Gasteiger partial charge is 0.490 e. The fourth-order valence-corrected chi connectivity index (χ4v) is 1.84. The minimum atomic E-state index is 0.232. The first-order valence-corrected chi connectivity index (χ1v) is 6.01. The Morgan fingerprint density at radius 3 is 2.56 bits per heavy atom. The summed E-state index contributed by atoms with van der Waals surface area (Å²) in [6, 6.07) is 5.13. The Hall–Kier alpha value is -1.23. The third-order valence-electron chi connectivity index (χ3n) is 2.15. The quantitative estimate of drug-likeness (QED) is 0.864. The van der Waals surface area contributed by atoms with Crippen LogP contribution in [0.1, 0.15) is 0 Å². The molecule has 0 radical (unpaired) electrons. The molecule has 4 nitrogen and oxygen atoms in total. The van der Waals surface area contributed by atoms with E-state index < -0.39 is 0 Å². The van der Waals surface area contributed by atoms with Crippen LogP contribution >= 0.6 is 34.8 Å². The number of halogens is 3. The second-order valence-corrected chi connectivity index (χ2v) is 4.47. The summed E-state index contributed by atoms with van der Waals surface area (Å²) in [6.45, 7) is 0. The Morgan fingerprint density at radius 1 is 1.11 bits per heavy atom. The first kappa shape index (κ1) is 13.2. The number of anilines is 2. The number of benzene rings is 1. The van der Waals surface area contributed by atoms with Crippen LogP contribution in [0.4, 0.5) is 11.5 Å². The fraction of sp³-hybridized carbons (Fsp3) is 0.0909. The van der Waals surface area contributed by atoms with E-state index in [-0.39, 0.29) is 5.15 Å². The molecule has 0 bridgehead atoms. The number of nitrogens with zero attached hydrogens (tertiary/aromatic N) is 2. The SMILES string of the molecule is COc1c(Cl)ncnc1Nc1ccc(Cl)c(Cl)c1. The van der Waals surface area contributed by atoms with E-state index in [0.29, 0.717) is 21.6 Å². The molecule has 0 saturated carbocycles. The van der Waals surface area contributed by atoms with Gasteiger partial charge < -0.3 is 10.1 Å². The minimum absolute atomic E-state index is 0.232. The van der Waals surface area contributed by atoms with Crippen LogP contribution in [0.5, 0.6) is 5.75 Å². The lowest BCUT2D eigenvalue weighted by Gasteiger charge is -2.10. The lowest BCUT2D eigenvalue weighted by atomic mass is 10.3. The van der Waals surface area contributed by atoms with Crippen molar-refractivity contribution in [3.63, 3.8) is 0 Å². The van der Waals surface area contributed by atoms with Gasteiger partial charge in [0, 0.05) is 5.69 Å². The van der Waals surface area contributed by atoms with Crippen molar-refractivity contribution in [2.45, 2.75) is 0 Å². The Bertz CT molecular complexity index is 577. The van der Waals surface area contributed by atoms with E-state index >= 15 is 0 Å². The van der Waals surface area contributed by atoms with Gasteiger partial charge in [-0.15, -0.1) is 0 Å². The van der Waals surface area contributed by atoms with E-state index in [9.17, 15) is 0 Å². The van der Waals surface area contributed by atoms with Crippen molar-refractivity contribution in [3.8, 4) is 5.75 Å². The molecule has 7 heteroatoms. The standard InChI is InChI=1S/C11H8Cl3N3O/c1-18-9-10(14)15-5-16-11(9)17-6-2-3-7(12)8(13)4-6/h2-5H,1H3,(H,15,16,17). The highest BCUT2D eigenvalue weighted by Gasteiger charge is 2.10. The van der Waals surface area contributed by atoms with E-state index in [4.69, 9.17) is 39.5 Å². The van der Waals surface area contributed by atoms with Gasteiger partial charge in [0.1, 0.15) is 6.33 Å². The van der Waals surface area contributed by atoms with E-state index in [2.05, 4.69) is 15.3 Å². The fourth-order valence-electron chi connectivity index (χ4n) is 1.33. The van der Waals surface area contributed by atoms with Crippen LogP contribution in [-0.4, -0.2) is 17.1 Å². The van der Waals surface area contributed by atoms with Crippen molar-refractivity contribution in [1.29, 1.82) is 0 Å². The number of ether oxygens (including phenoxy) is 1. The Labute approximate surface area is 119 Å². The third kappa shape index (κ3) is 2.77. The Morgan fingerprint density at radius 2 is 1.89 bits per heavy atom. The maximum absolute atomic E-state index is 5.92. The first-order chi connectivity index (χ1) is 8.61. The number of nitrogens with one attached hydrogen (secondary N) is 1. The average Bonchev–Trinajstić information content (AvgIpc) is 2.34. The zero-order valence-corrected chi connectivity index (χ0v) is 11.5. The molecular weight excluding hydrogens is 297 g/mol. The molecule has 0 amide bonds. The summed E-state index contributed by atoms with van der Waals surface area (Å²) >= 11 is 17.6. The molecule has 1 aromatic heterocycles. The van der Waals surface area contributed by atoms with Crippen LogP contribution in [0.25, 0.3) is 0 Å². The predicted octanol–water partition coefficient (Wildman–Crippen LogP) is 4.19. The molecule has 18 heavy (non-hydrogen) atoms. The molecule has 0 atom stereocenters. The van der Waals surface area contributed by atoms with Gasteiger partial charge in [-0.2, -0.15) is 0 Å². The molecule has 0 aliphatic heterocycles. The average molecular weight is 305 g/mol. The first-order valence-electron chi connectivity index (χ1n) is 4.88. The molecule has 2 aromatic rings. The highest BCUT2D eigenvalue weighted by Crippen LogP contribution is 2.32. The van der Waals surface area contributed by atoms with Gasteiger partial charge in [-0.1, -0.05) is 34.8 Å². The topological polar surface area (TPSA) is 47.0 Å². The summed E-state index contributed by atoms with van der Waals surface area (Å²) in [4.78, 5) is 7.88. The van der Waals surface area contributed by atoms with Crippen molar-refractivity contribution in [2.75, 3.05) is 12.4 Å². The van der Waals surface area contributed by atoms with Gasteiger partial charge in [-0.3, -0.25) is 0 Å². The number of rotatable bonds is 3. The summed E-state index contributed by atoms with van der Waals surface area (Å²) in [6.07, 6.45) is 1.34. The van der Waals surface area contributed by atoms with Gasteiger partial charge in [-0.25, -0.2) is 9.97 Å². The van der Waals surface area contributed by atoms with Crippen molar-refractivity contribution in [1.82, 2.24) is 9.97 Å². The van der Waals surface area contributed by atoms with Crippen molar-refractivity contribution < 1.29 is 4.74 Å². The van der Waals surface area contributed by atoms with Gasteiger partial charge in [0.15, 0.2) is 16.7 Å². The Kier molecular flexibility index (Phi) is 4.11. The van der Waals surface area contributed by atoms with Gasteiger partial charge in [0.2, 0.25) is 0 Å². The normalized spacial score (nSPS) is 10.2. The van der Waals surface area contributed by atoms with E-state index in [1.165, 1.54) is 13.4 Å². The van der Waals surface area contributed by atoms with Gasteiger partial charge >= 0.3 is 0 Å². The maximum Gasteiger partial charge on any atom is 0.199 e. The molecule has 94 valence electrons. The predicted molar refractivity (Wildman–Crippen MR) is 73.3 cm³/mol. The zero-order valence-electron chi connectivity index (χ0n) is 9.25. The van der Waals surface area contributed by atoms with Crippen molar-refractivity contribution in [3.05, 3.63) is 39.7 Å². The van der Waals surface area contributed by atoms with Gasteiger partial charge in [0.25, 0.3) is 0 Å². The zero-order chi connectivity index (χ0) is 13.1. The molecule has 1 aromatic carbocycles. The molecule has 0 fully saturated rings. The number of hydrogen-bond acceptors (Lipinski definition) is 4. The van der Waals surface area contributed by atoms with E-state index in [1.54, 1.807) is 18.2 Å². The smallest absolute Gasteiger partial charge is 0.199 e. The van der Waals surface area contributed by atoms with Crippen LogP contribution in [-0.2, 0) is 0 Å². The van der Waals surface area contributed by atoms with Crippen LogP contribution in [0.2, 0.25) is 15.2 Å². The lowest BCUT2D eigenvalue weighted by molar-refractivity contribution is 0.413. The molecule has 0 saturated heterocycles. The highest BCUT2D eigenvalue weighted by atomic mass is 35.5. The van der Waals surface area contributed by atoms with Gasteiger partial charge in [-0.05, 0) is 18.2 Å². The molecule has 1 heterocycles. The van der Waals surface area contributed by atoms with Crippen molar-refractivity contribution >= 4 is 46.3 Å². The molecule has 2 rings (SSSR count). The molecular formula is C11H8Cl3N3O. The van der Waals surface area contributed by atoms with Crippen LogP contribution < -0.4 is 10.1 Å². The molecule has 0 unspecified atom stereocenters. The van der Waals surface area contributed by atoms with E-state index in [1.807, 2.05) is 0 Å². The summed E-state index contributed by atoms with van der Waals surface area (Å²) in [7, 11) is 1.49. The molecule has 1 N–H and O–H groups in total. The number of hydrogen-bond donors (Lipinski definition) is 1. The number of aromatic nitrogens is 2. The summed E-state index contributed by atoms with van der Waals surface area (Å²) in [5.41, 5.74) is 0.720. The molecule has 0 spiro atoms. The third-order valence-corrected chi connectivity index (χ3v) is 3.16. The van der Waals surface area contributed by atoms with Crippen LogP contribution in [0.15, 0.2) is 24.5 Å². The summed E-state index contributed by atoms with van der Waals surface area (Å²) in [5.74, 6) is 0.820. The second-order valence-electron chi connectivity index (χ2n) is 3.30. The Balaban J connectivity index is 2.34. The highest BCUT2D eigenvalue weighted by molar-refractivity contribution is 6.42. The van der Waals surface area contributed by atoms with E-state index in [0.717, 1.165) is 5.69 Å². The monoisotopic (exact) mass is 303 g/mol. The lowest BCUT2D eigenvalue weighted by Crippen LogP contribution is -1.99. The maximum atomic E-state index is 5.92. The second kappa shape index (κ2) is 5.61. The minimum Gasteiger partial charge on any atom is -0.490 e. The van der Waals surface area contributed by atoms with Crippen molar-refractivity contribution in [2.24, 2.45) is 0 Å².